The second kappa shape index (κ2) is 4.37. The third-order valence-electron chi connectivity index (χ3n) is 2.40. The quantitative estimate of drug-likeness (QED) is 0.838. The van der Waals surface area contributed by atoms with Gasteiger partial charge in [0.1, 0.15) is 4.90 Å². The molecule has 6 heteroatoms. The van der Waals surface area contributed by atoms with E-state index < -0.39 is 10.0 Å². The molecule has 0 saturated carbocycles. The molecule has 0 radical (unpaired) electrons. The summed E-state index contributed by atoms with van der Waals surface area (Å²) in [6.45, 7) is 4.43. The smallest absolute Gasteiger partial charge is 0.266 e. The van der Waals surface area contributed by atoms with E-state index in [9.17, 15) is 8.42 Å². The van der Waals surface area contributed by atoms with Crippen molar-refractivity contribution in [1.29, 1.82) is 0 Å². The first-order valence-corrected chi connectivity index (χ1v) is 6.96. The predicted octanol–water partition coefficient (Wildman–Crippen LogP) is 1.46. The van der Waals surface area contributed by atoms with Crippen molar-refractivity contribution in [1.82, 2.24) is 4.72 Å². The number of nitrogens with one attached hydrogen (secondary N) is 2. The molecule has 92 valence electrons. The maximum atomic E-state index is 12.0. The molecule has 0 saturated heterocycles. The number of anilines is 1. The maximum Gasteiger partial charge on any atom is 0.266 e. The van der Waals surface area contributed by atoms with Gasteiger partial charge in [0, 0.05) is 6.54 Å². The molecule has 2 N–H and O–H groups in total. The van der Waals surface area contributed by atoms with E-state index in [1.165, 1.54) is 0 Å². The Morgan fingerprint density at radius 1 is 1.35 bits per heavy atom. The van der Waals surface area contributed by atoms with Crippen molar-refractivity contribution in [3.05, 3.63) is 23.8 Å². The van der Waals surface area contributed by atoms with E-state index in [1.54, 1.807) is 12.1 Å². The van der Waals surface area contributed by atoms with Crippen LogP contribution in [0.25, 0.3) is 0 Å². The highest BCUT2D eigenvalue weighted by Crippen LogP contribution is 2.25. The van der Waals surface area contributed by atoms with Gasteiger partial charge in [-0.2, -0.15) is 0 Å². The monoisotopic (exact) mass is 253 g/mol. The van der Waals surface area contributed by atoms with Crippen LogP contribution in [-0.4, -0.2) is 20.9 Å². The van der Waals surface area contributed by atoms with Crippen molar-refractivity contribution in [3.8, 4) is 0 Å². The molecule has 0 fully saturated rings. The molecule has 0 aliphatic carbocycles. The van der Waals surface area contributed by atoms with Gasteiger partial charge >= 0.3 is 0 Å². The van der Waals surface area contributed by atoms with Crippen molar-refractivity contribution >= 4 is 21.7 Å². The van der Waals surface area contributed by atoms with Crippen LogP contribution in [0.4, 0.5) is 5.69 Å². The van der Waals surface area contributed by atoms with Crippen LogP contribution in [0.2, 0.25) is 0 Å². The minimum absolute atomic E-state index is 0.271. The second-order valence-electron chi connectivity index (χ2n) is 3.96. The third-order valence-corrected chi connectivity index (χ3v) is 3.78. The molecule has 1 aliphatic heterocycles. The van der Waals surface area contributed by atoms with E-state index in [0.717, 1.165) is 12.0 Å². The highest BCUT2D eigenvalue weighted by molar-refractivity contribution is 7.90. The van der Waals surface area contributed by atoms with Gasteiger partial charge in [-0.25, -0.2) is 13.1 Å². The fourth-order valence-corrected chi connectivity index (χ4v) is 2.82. The van der Waals surface area contributed by atoms with Crippen LogP contribution < -0.4 is 10.0 Å². The first-order chi connectivity index (χ1) is 8.03. The van der Waals surface area contributed by atoms with Gasteiger partial charge in [-0.3, -0.25) is 4.99 Å². The molecule has 0 aromatic heterocycles. The lowest BCUT2D eigenvalue weighted by molar-refractivity contribution is 0.591. The zero-order valence-corrected chi connectivity index (χ0v) is 10.6. The summed E-state index contributed by atoms with van der Waals surface area (Å²) in [4.78, 5) is 4.41. The Morgan fingerprint density at radius 3 is 2.82 bits per heavy atom. The molecule has 17 heavy (non-hydrogen) atoms. The van der Waals surface area contributed by atoms with E-state index in [2.05, 4.69) is 15.0 Å². The summed E-state index contributed by atoms with van der Waals surface area (Å²) in [5.41, 5.74) is 1.48. The average Bonchev–Trinajstić information content (AvgIpc) is 2.27. The van der Waals surface area contributed by atoms with Crippen LogP contribution in [0.3, 0.4) is 0 Å². The number of hydrogen-bond acceptors (Lipinski definition) is 3. The van der Waals surface area contributed by atoms with Gasteiger partial charge in [0.25, 0.3) is 10.0 Å². The summed E-state index contributed by atoms with van der Waals surface area (Å²) in [5, 5.41) is 2.97. The zero-order chi connectivity index (χ0) is 12.5. The van der Waals surface area contributed by atoms with Crippen LogP contribution >= 0.6 is 0 Å². The molecular weight excluding hydrogens is 238 g/mol. The van der Waals surface area contributed by atoms with Crippen LogP contribution in [0.1, 0.15) is 18.9 Å². The Hall–Kier alpha value is -1.56. The summed E-state index contributed by atoms with van der Waals surface area (Å²) in [6.07, 6.45) is 0.869. The number of sulfonamides is 1. The SMILES string of the molecule is CCCN=C1Nc2ccc(C)cc2S(=O)(=O)N1. The van der Waals surface area contributed by atoms with Crippen LogP contribution in [0.15, 0.2) is 28.1 Å². The molecule has 2 rings (SSSR count). The number of aliphatic imine (C=N–C) groups is 1. The van der Waals surface area contributed by atoms with Gasteiger partial charge < -0.3 is 5.32 Å². The lowest BCUT2D eigenvalue weighted by Gasteiger charge is -2.21. The summed E-state index contributed by atoms with van der Waals surface area (Å²) < 4.78 is 26.4. The normalized spacial score (nSPS) is 19.3. The van der Waals surface area contributed by atoms with Gasteiger partial charge in [0.2, 0.25) is 5.96 Å². The lowest BCUT2D eigenvalue weighted by atomic mass is 10.2. The Morgan fingerprint density at radius 2 is 2.12 bits per heavy atom. The molecule has 1 heterocycles. The van der Waals surface area contributed by atoms with Crippen LogP contribution in [0, 0.1) is 6.92 Å². The van der Waals surface area contributed by atoms with E-state index >= 15 is 0 Å². The van der Waals surface area contributed by atoms with E-state index in [1.807, 2.05) is 19.9 Å². The van der Waals surface area contributed by atoms with Crippen molar-refractivity contribution in [2.24, 2.45) is 4.99 Å². The molecular formula is C11H15N3O2S. The molecule has 0 spiro atoms. The summed E-state index contributed by atoms with van der Waals surface area (Å²) in [7, 11) is -3.49. The van der Waals surface area contributed by atoms with Gasteiger partial charge in [-0.05, 0) is 31.0 Å². The number of fused-ring (bicyclic) bond motifs is 1. The zero-order valence-electron chi connectivity index (χ0n) is 9.82. The standard InChI is InChI=1S/C11H15N3O2S/c1-3-6-12-11-13-9-5-4-8(2)7-10(9)17(15,16)14-11/h4-5,7H,3,6H2,1-2H3,(H2,12,13,14). The van der Waals surface area contributed by atoms with Gasteiger partial charge in [0.15, 0.2) is 0 Å². The molecule has 0 bridgehead atoms. The van der Waals surface area contributed by atoms with E-state index in [4.69, 9.17) is 0 Å². The number of aryl methyl sites for hydroxylation is 1. The molecule has 1 aromatic rings. The first-order valence-electron chi connectivity index (χ1n) is 5.48. The van der Waals surface area contributed by atoms with Gasteiger partial charge in [0.05, 0.1) is 5.69 Å². The molecule has 0 unspecified atom stereocenters. The van der Waals surface area contributed by atoms with Crippen molar-refractivity contribution in [2.45, 2.75) is 25.2 Å². The lowest BCUT2D eigenvalue weighted by Crippen LogP contribution is -2.40. The molecule has 1 aromatic carbocycles. The number of nitrogens with zero attached hydrogens (tertiary/aromatic N) is 1. The number of guanidine groups is 1. The topological polar surface area (TPSA) is 70.6 Å². The van der Waals surface area contributed by atoms with E-state index in [0.29, 0.717) is 18.2 Å². The maximum absolute atomic E-state index is 12.0. The van der Waals surface area contributed by atoms with Crippen molar-refractivity contribution < 1.29 is 8.42 Å². The molecule has 1 aliphatic rings. The molecule has 0 atom stereocenters. The highest BCUT2D eigenvalue weighted by atomic mass is 32.2. The van der Waals surface area contributed by atoms with Crippen molar-refractivity contribution in [2.75, 3.05) is 11.9 Å². The fourth-order valence-electron chi connectivity index (χ4n) is 1.59. The Bertz CT molecular complexity index is 564. The summed E-state index contributed by atoms with van der Waals surface area (Å²) in [5.74, 6) is 0.295. The van der Waals surface area contributed by atoms with Crippen molar-refractivity contribution in [3.63, 3.8) is 0 Å². The molecule has 0 amide bonds. The Balaban J connectivity index is 2.45. The Labute approximate surface area is 101 Å². The average molecular weight is 253 g/mol. The minimum atomic E-state index is -3.49. The number of benzene rings is 1. The van der Waals surface area contributed by atoms with Crippen LogP contribution in [-0.2, 0) is 10.0 Å². The predicted molar refractivity (Wildman–Crippen MR) is 67.7 cm³/mol. The summed E-state index contributed by atoms with van der Waals surface area (Å²) in [6, 6.07) is 5.26. The largest absolute Gasteiger partial charge is 0.324 e. The van der Waals surface area contributed by atoms with Gasteiger partial charge in [-0.15, -0.1) is 0 Å². The van der Waals surface area contributed by atoms with Gasteiger partial charge in [-0.1, -0.05) is 13.0 Å². The second-order valence-corrected chi connectivity index (χ2v) is 5.61. The highest BCUT2D eigenvalue weighted by Gasteiger charge is 2.26. The number of rotatable bonds is 2. The van der Waals surface area contributed by atoms with Crippen LogP contribution in [0.5, 0.6) is 0 Å². The number of hydrogen-bond donors (Lipinski definition) is 2. The molecule has 5 nitrogen and oxygen atoms in total. The first kappa shape index (κ1) is 11.9. The fraction of sp³-hybridized carbons (Fsp3) is 0.364. The minimum Gasteiger partial charge on any atom is -0.324 e. The Kier molecular flexibility index (Phi) is 3.06. The third kappa shape index (κ3) is 2.41. The van der Waals surface area contributed by atoms with E-state index in [-0.39, 0.29) is 4.90 Å². The summed E-state index contributed by atoms with van der Waals surface area (Å²) >= 11 is 0.